The molecule has 0 saturated carbocycles. The van der Waals surface area contributed by atoms with Crippen LogP contribution in [0.25, 0.3) is 0 Å². The minimum absolute atomic E-state index is 0.0830. The first-order chi connectivity index (χ1) is 9.50. The maximum Gasteiger partial charge on any atom is 0.305 e. The van der Waals surface area contributed by atoms with Crippen molar-refractivity contribution in [3.8, 4) is 5.75 Å². The molecule has 110 valence electrons. The van der Waals surface area contributed by atoms with E-state index in [0.29, 0.717) is 28.8 Å². The van der Waals surface area contributed by atoms with Gasteiger partial charge in [0.2, 0.25) is 5.91 Å². The first-order valence-electron chi connectivity index (χ1n) is 6.06. The lowest BCUT2D eigenvalue weighted by Crippen LogP contribution is -2.26. The summed E-state index contributed by atoms with van der Waals surface area (Å²) in [6, 6.07) is 5.08. The monoisotopic (exact) mass is 319 g/mol. The summed E-state index contributed by atoms with van der Waals surface area (Å²) in [5.41, 5.74) is 0. The molecule has 1 aromatic carbocycles. The number of hydrogen-bond donors (Lipinski definition) is 2. The van der Waals surface area contributed by atoms with Crippen LogP contribution in [0, 0.1) is 0 Å². The molecule has 2 N–H and O–H groups in total. The molecule has 0 bridgehead atoms. The first-order valence-corrected chi connectivity index (χ1v) is 6.81. The molecule has 5 nitrogen and oxygen atoms in total. The number of aliphatic carboxylic acids is 1. The third kappa shape index (κ3) is 6.12. The number of carboxylic acids is 1. The van der Waals surface area contributed by atoms with Gasteiger partial charge in [-0.2, -0.15) is 0 Å². The van der Waals surface area contributed by atoms with Gasteiger partial charge in [-0.1, -0.05) is 29.3 Å². The van der Waals surface area contributed by atoms with Crippen molar-refractivity contribution in [1.82, 2.24) is 5.32 Å². The predicted molar refractivity (Wildman–Crippen MR) is 76.5 cm³/mol. The lowest BCUT2D eigenvalue weighted by molar-refractivity contribution is -0.136. The Labute approximate surface area is 126 Å². The number of rotatable bonds is 8. The van der Waals surface area contributed by atoms with Gasteiger partial charge in [0.1, 0.15) is 10.8 Å². The van der Waals surface area contributed by atoms with Crippen molar-refractivity contribution in [3.05, 3.63) is 28.2 Å². The minimum atomic E-state index is -0.941. The summed E-state index contributed by atoms with van der Waals surface area (Å²) in [6.45, 7) is 0.460. The average molecular weight is 320 g/mol. The molecule has 0 spiro atoms. The van der Waals surface area contributed by atoms with Crippen molar-refractivity contribution in [2.75, 3.05) is 13.2 Å². The van der Waals surface area contributed by atoms with E-state index < -0.39 is 5.97 Å². The van der Waals surface area contributed by atoms with E-state index in [1.807, 2.05) is 0 Å². The Balaban J connectivity index is 2.20. The van der Waals surface area contributed by atoms with E-state index in [-0.39, 0.29) is 25.3 Å². The normalized spacial score (nSPS) is 10.1. The molecule has 0 aromatic heterocycles. The van der Waals surface area contributed by atoms with Crippen LogP contribution < -0.4 is 10.1 Å². The number of carbonyl (C=O) groups is 2. The van der Waals surface area contributed by atoms with Gasteiger partial charge in [-0.25, -0.2) is 0 Å². The standard InChI is InChI=1S/C13H15Cl2NO4/c14-9-3-1-4-10(13(9)15)20-8-2-5-11(17)16-7-6-12(18)19/h1,3-4H,2,5-8H2,(H,16,17)(H,18,19). The Morgan fingerprint density at radius 2 is 2.00 bits per heavy atom. The molecular weight excluding hydrogens is 305 g/mol. The Kier molecular flexibility index (Phi) is 7.18. The molecule has 0 heterocycles. The average Bonchev–Trinajstić information content (AvgIpc) is 2.39. The lowest BCUT2D eigenvalue weighted by atomic mass is 10.3. The van der Waals surface area contributed by atoms with Crippen LogP contribution in [-0.4, -0.2) is 30.1 Å². The molecule has 0 aliphatic carbocycles. The molecular formula is C13H15Cl2NO4. The van der Waals surface area contributed by atoms with Crippen LogP contribution in [0.1, 0.15) is 19.3 Å². The Morgan fingerprint density at radius 3 is 2.70 bits per heavy atom. The highest BCUT2D eigenvalue weighted by Gasteiger charge is 2.06. The number of hydrogen-bond acceptors (Lipinski definition) is 3. The van der Waals surface area contributed by atoms with Crippen LogP contribution in [0.5, 0.6) is 5.75 Å². The summed E-state index contributed by atoms with van der Waals surface area (Å²) >= 11 is 11.8. The molecule has 0 aliphatic rings. The Hall–Kier alpha value is -1.46. The SMILES string of the molecule is O=C(O)CCNC(=O)CCCOc1cccc(Cl)c1Cl. The highest BCUT2D eigenvalue weighted by atomic mass is 35.5. The summed E-state index contributed by atoms with van der Waals surface area (Å²) < 4.78 is 5.42. The van der Waals surface area contributed by atoms with Gasteiger partial charge in [0.25, 0.3) is 0 Å². The molecule has 0 atom stereocenters. The van der Waals surface area contributed by atoms with Crippen molar-refractivity contribution < 1.29 is 19.4 Å². The van der Waals surface area contributed by atoms with E-state index in [1.165, 1.54) is 0 Å². The zero-order chi connectivity index (χ0) is 15.0. The second-order valence-corrected chi connectivity index (χ2v) is 4.78. The second kappa shape index (κ2) is 8.66. The third-order valence-electron chi connectivity index (χ3n) is 2.38. The molecule has 0 fully saturated rings. The molecule has 0 unspecified atom stereocenters. The van der Waals surface area contributed by atoms with E-state index in [1.54, 1.807) is 18.2 Å². The van der Waals surface area contributed by atoms with Gasteiger partial charge in [-0.3, -0.25) is 9.59 Å². The number of nitrogens with one attached hydrogen (secondary N) is 1. The van der Waals surface area contributed by atoms with Crippen LogP contribution in [0.4, 0.5) is 0 Å². The number of ether oxygens (including phenoxy) is 1. The topological polar surface area (TPSA) is 75.6 Å². The largest absolute Gasteiger partial charge is 0.492 e. The fourth-order valence-electron chi connectivity index (χ4n) is 1.41. The van der Waals surface area contributed by atoms with Crippen LogP contribution >= 0.6 is 23.2 Å². The Bertz CT molecular complexity index is 479. The predicted octanol–water partition coefficient (Wildman–Crippen LogP) is 2.74. The molecule has 0 saturated heterocycles. The summed E-state index contributed by atoms with van der Waals surface area (Å²) in [5, 5.41) is 11.7. The van der Waals surface area contributed by atoms with E-state index in [9.17, 15) is 9.59 Å². The van der Waals surface area contributed by atoms with Gasteiger partial charge in [0.15, 0.2) is 0 Å². The van der Waals surface area contributed by atoms with Gasteiger partial charge in [-0.05, 0) is 18.6 Å². The van der Waals surface area contributed by atoms with E-state index in [4.69, 9.17) is 33.0 Å². The van der Waals surface area contributed by atoms with E-state index in [2.05, 4.69) is 5.32 Å². The fourth-order valence-corrected chi connectivity index (χ4v) is 1.75. The minimum Gasteiger partial charge on any atom is -0.492 e. The van der Waals surface area contributed by atoms with Crippen molar-refractivity contribution in [2.45, 2.75) is 19.3 Å². The molecule has 1 aromatic rings. The van der Waals surface area contributed by atoms with Crippen molar-refractivity contribution >= 4 is 35.1 Å². The first kappa shape index (κ1) is 16.6. The zero-order valence-electron chi connectivity index (χ0n) is 10.7. The van der Waals surface area contributed by atoms with Crippen LogP contribution in [0.15, 0.2) is 18.2 Å². The van der Waals surface area contributed by atoms with Crippen molar-refractivity contribution in [1.29, 1.82) is 0 Å². The van der Waals surface area contributed by atoms with Gasteiger partial charge in [-0.15, -0.1) is 0 Å². The summed E-state index contributed by atoms with van der Waals surface area (Å²) in [4.78, 5) is 21.6. The van der Waals surface area contributed by atoms with Crippen LogP contribution in [0.2, 0.25) is 10.0 Å². The zero-order valence-corrected chi connectivity index (χ0v) is 12.2. The van der Waals surface area contributed by atoms with Gasteiger partial charge in [0.05, 0.1) is 18.1 Å². The van der Waals surface area contributed by atoms with Crippen LogP contribution in [0.3, 0.4) is 0 Å². The number of halogens is 2. The summed E-state index contributed by atoms with van der Waals surface area (Å²) in [5.74, 6) is -0.665. The fraction of sp³-hybridized carbons (Fsp3) is 0.385. The smallest absolute Gasteiger partial charge is 0.305 e. The number of amides is 1. The van der Waals surface area contributed by atoms with Gasteiger partial charge >= 0.3 is 5.97 Å². The molecule has 0 aliphatic heterocycles. The molecule has 0 radical (unpaired) electrons. The maximum absolute atomic E-state index is 11.4. The van der Waals surface area contributed by atoms with Crippen molar-refractivity contribution in [3.63, 3.8) is 0 Å². The van der Waals surface area contributed by atoms with E-state index in [0.717, 1.165) is 0 Å². The Morgan fingerprint density at radius 1 is 1.25 bits per heavy atom. The third-order valence-corrected chi connectivity index (χ3v) is 3.18. The van der Waals surface area contributed by atoms with Crippen LogP contribution in [-0.2, 0) is 9.59 Å². The van der Waals surface area contributed by atoms with Crippen molar-refractivity contribution in [2.24, 2.45) is 0 Å². The number of carbonyl (C=O) groups excluding carboxylic acids is 1. The highest BCUT2D eigenvalue weighted by molar-refractivity contribution is 6.42. The van der Waals surface area contributed by atoms with E-state index >= 15 is 0 Å². The number of benzene rings is 1. The molecule has 20 heavy (non-hydrogen) atoms. The highest BCUT2D eigenvalue weighted by Crippen LogP contribution is 2.31. The van der Waals surface area contributed by atoms with Gasteiger partial charge in [0, 0.05) is 13.0 Å². The summed E-state index contributed by atoms with van der Waals surface area (Å²) in [7, 11) is 0. The summed E-state index contributed by atoms with van der Waals surface area (Å²) in [6.07, 6.45) is 0.680. The quantitative estimate of drug-likeness (QED) is 0.722. The molecule has 1 amide bonds. The molecule has 1 rings (SSSR count). The van der Waals surface area contributed by atoms with Gasteiger partial charge < -0.3 is 15.2 Å². The molecule has 7 heteroatoms. The second-order valence-electron chi connectivity index (χ2n) is 4.00. The lowest BCUT2D eigenvalue weighted by Gasteiger charge is -2.08. The number of carboxylic acid groups (broad SMARTS) is 1. The maximum atomic E-state index is 11.4.